The molecule has 2 aromatic rings. The Balaban J connectivity index is 1.38. The van der Waals surface area contributed by atoms with E-state index in [1.807, 2.05) is 36.4 Å². The van der Waals surface area contributed by atoms with Crippen LogP contribution in [0.4, 0.5) is 0 Å². The molecule has 5 nitrogen and oxygen atoms in total. The van der Waals surface area contributed by atoms with Gasteiger partial charge in [0.1, 0.15) is 0 Å². The van der Waals surface area contributed by atoms with E-state index in [1.165, 1.54) is 11.1 Å². The number of benzene rings is 2. The molecular formula is C25H32N2O3. The van der Waals surface area contributed by atoms with Gasteiger partial charge < -0.3 is 10.4 Å². The molecule has 1 aliphatic rings. The molecule has 0 aliphatic carbocycles. The van der Waals surface area contributed by atoms with Crippen LogP contribution >= 0.6 is 0 Å². The van der Waals surface area contributed by atoms with Gasteiger partial charge in [0.05, 0.1) is 6.10 Å². The number of ketones is 1. The molecule has 0 saturated carbocycles. The molecule has 2 N–H and O–H groups in total. The summed E-state index contributed by atoms with van der Waals surface area (Å²) < 4.78 is 0. The highest BCUT2D eigenvalue weighted by molar-refractivity contribution is 5.97. The maximum Gasteiger partial charge on any atom is 0.220 e. The van der Waals surface area contributed by atoms with Crippen LogP contribution in [0.25, 0.3) is 0 Å². The summed E-state index contributed by atoms with van der Waals surface area (Å²) in [6.07, 6.45) is 2.91. The zero-order valence-corrected chi connectivity index (χ0v) is 17.8. The molecule has 3 rings (SSSR count). The summed E-state index contributed by atoms with van der Waals surface area (Å²) in [5, 5.41) is 12.5. The molecule has 160 valence electrons. The number of aryl methyl sites for hydroxylation is 1. The maximum absolute atomic E-state index is 12.2. The second-order valence-corrected chi connectivity index (χ2v) is 8.07. The summed E-state index contributed by atoms with van der Waals surface area (Å²) in [4.78, 5) is 26.7. The van der Waals surface area contributed by atoms with Gasteiger partial charge in [-0.05, 0) is 36.0 Å². The van der Waals surface area contributed by atoms with Gasteiger partial charge in [0.2, 0.25) is 5.91 Å². The molecule has 0 bridgehead atoms. The Morgan fingerprint density at radius 3 is 2.17 bits per heavy atom. The van der Waals surface area contributed by atoms with E-state index in [-0.39, 0.29) is 30.6 Å². The number of likely N-dealkylation sites (tertiary alicyclic amines) is 1. The van der Waals surface area contributed by atoms with Gasteiger partial charge in [0.15, 0.2) is 5.78 Å². The fourth-order valence-electron chi connectivity index (χ4n) is 3.68. The molecule has 1 amide bonds. The molecule has 2 aromatic carbocycles. The molecule has 0 atom stereocenters. The summed E-state index contributed by atoms with van der Waals surface area (Å²) in [6.45, 7) is 5.30. The largest absolute Gasteiger partial charge is 0.393 e. The van der Waals surface area contributed by atoms with Crippen molar-refractivity contribution in [3.8, 4) is 0 Å². The molecular weight excluding hydrogens is 376 g/mol. The minimum Gasteiger partial charge on any atom is -0.393 e. The zero-order chi connectivity index (χ0) is 21.3. The normalized spacial score (nSPS) is 15.1. The smallest absolute Gasteiger partial charge is 0.220 e. The highest BCUT2D eigenvalue weighted by Crippen LogP contribution is 2.14. The second kappa shape index (κ2) is 11.0. The average molecular weight is 409 g/mol. The molecule has 1 saturated heterocycles. The first kappa shape index (κ1) is 22.2. The Morgan fingerprint density at radius 1 is 0.933 bits per heavy atom. The van der Waals surface area contributed by atoms with Crippen molar-refractivity contribution >= 4 is 11.7 Å². The van der Waals surface area contributed by atoms with Crippen LogP contribution in [0, 0.1) is 0 Å². The Morgan fingerprint density at radius 2 is 1.53 bits per heavy atom. The molecule has 0 aromatic heterocycles. The van der Waals surface area contributed by atoms with Gasteiger partial charge in [-0.15, -0.1) is 0 Å². The standard InChI is InChI=1S/C25H32N2O3/c1-2-19-7-9-22(10-8-19)24(29)11-12-25(30)26-17-20-3-5-21(6-4-20)18-27-15-13-23(28)14-16-27/h3-10,23,28H,2,11-18H2,1H3,(H,26,30). The van der Waals surface area contributed by atoms with Crippen LogP contribution in [0.15, 0.2) is 48.5 Å². The van der Waals surface area contributed by atoms with Crippen LogP contribution in [0.1, 0.15) is 59.7 Å². The molecule has 1 heterocycles. The number of hydrogen-bond acceptors (Lipinski definition) is 4. The number of carbonyl (C=O) groups is 2. The van der Waals surface area contributed by atoms with E-state index in [9.17, 15) is 14.7 Å². The zero-order valence-electron chi connectivity index (χ0n) is 17.8. The topological polar surface area (TPSA) is 69.6 Å². The van der Waals surface area contributed by atoms with Crippen molar-refractivity contribution in [2.45, 2.75) is 58.2 Å². The third-order valence-corrected chi connectivity index (χ3v) is 5.74. The second-order valence-electron chi connectivity index (χ2n) is 8.07. The first-order valence-electron chi connectivity index (χ1n) is 10.9. The molecule has 0 radical (unpaired) electrons. The number of aliphatic hydroxyl groups is 1. The van der Waals surface area contributed by atoms with Crippen LogP contribution in [0.5, 0.6) is 0 Å². The van der Waals surface area contributed by atoms with Crippen molar-refractivity contribution in [1.29, 1.82) is 0 Å². The Labute approximate surface area is 179 Å². The van der Waals surface area contributed by atoms with Gasteiger partial charge in [-0.25, -0.2) is 0 Å². The van der Waals surface area contributed by atoms with E-state index in [4.69, 9.17) is 0 Å². The van der Waals surface area contributed by atoms with Crippen LogP contribution < -0.4 is 5.32 Å². The van der Waals surface area contributed by atoms with Crippen LogP contribution in [-0.2, 0) is 24.3 Å². The van der Waals surface area contributed by atoms with E-state index in [2.05, 4.69) is 29.3 Å². The van der Waals surface area contributed by atoms with Gasteiger partial charge in [0.25, 0.3) is 0 Å². The van der Waals surface area contributed by atoms with Crippen LogP contribution in [0.2, 0.25) is 0 Å². The van der Waals surface area contributed by atoms with E-state index < -0.39 is 0 Å². The van der Waals surface area contributed by atoms with E-state index in [1.54, 1.807) is 0 Å². The number of Topliss-reactive ketones (excluding diaryl/α,β-unsaturated/α-hetero) is 1. The number of aliphatic hydroxyl groups excluding tert-OH is 1. The van der Waals surface area contributed by atoms with Gasteiger partial charge in [-0.2, -0.15) is 0 Å². The summed E-state index contributed by atoms with van der Waals surface area (Å²) >= 11 is 0. The monoisotopic (exact) mass is 408 g/mol. The van der Waals surface area contributed by atoms with Crippen molar-refractivity contribution in [2.75, 3.05) is 13.1 Å². The predicted octanol–water partition coefficient (Wildman–Crippen LogP) is 3.49. The van der Waals surface area contributed by atoms with Crippen molar-refractivity contribution < 1.29 is 14.7 Å². The molecule has 30 heavy (non-hydrogen) atoms. The van der Waals surface area contributed by atoms with Crippen LogP contribution in [0.3, 0.4) is 0 Å². The van der Waals surface area contributed by atoms with E-state index in [0.29, 0.717) is 12.1 Å². The molecule has 5 heteroatoms. The number of nitrogens with zero attached hydrogens (tertiary/aromatic N) is 1. The molecule has 0 unspecified atom stereocenters. The van der Waals surface area contributed by atoms with Crippen molar-refractivity contribution in [1.82, 2.24) is 10.2 Å². The lowest BCUT2D eigenvalue weighted by atomic mass is 10.0. The van der Waals surface area contributed by atoms with E-state index >= 15 is 0 Å². The predicted molar refractivity (Wildman–Crippen MR) is 118 cm³/mol. The lowest BCUT2D eigenvalue weighted by molar-refractivity contribution is -0.121. The number of piperidine rings is 1. The van der Waals surface area contributed by atoms with Crippen molar-refractivity contribution in [3.05, 3.63) is 70.8 Å². The number of amides is 1. The SMILES string of the molecule is CCc1ccc(C(=O)CCC(=O)NCc2ccc(CN3CCC(O)CC3)cc2)cc1. The third kappa shape index (κ3) is 6.78. The van der Waals surface area contributed by atoms with E-state index in [0.717, 1.165) is 44.5 Å². The molecule has 0 spiro atoms. The lowest BCUT2D eigenvalue weighted by Crippen LogP contribution is -2.35. The van der Waals surface area contributed by atoms with Gasteiger partial charge >= 0.3 is 0 Å². The fraction of sp³-hybridized carbons (Fsp3) is 0.440. The summed E-state index contributed by atoms with van der Waals surface area (Å²) in [5.74, 6) is -0.105. The average Bonchev–Trinajstić information content (AvgIpc) is 2.78. The lowest BCUT2D eigenvalue weighted by Gasteiger charge is -2.29. The minimum atomic E-state index is -0.149. The van der Waals surface area contributed by atoms with Crippen molar-refractivity contribution in [3.63, 3.8) is 0 Å². The maximum atomic E-state index is 12.2. The van der Waals surface area contributed by atoms with Crippen LogP contribution in [-0.4, -0.2) is 40.9 Å². The molecule has 1 fully saturated rings. The number of nitrogens with one attached hydrogen (secondary N) is 1. The van der Waals surface area contributed by atoms with Gasteiger partial charge in [-0.1, -0.05) is 55.5 Å². The quantitative estimate of drug-likeness (QED) is 0.623. The summed E-state index contributed by atoms with van der Waals surface area (Å²) in [7, 11) is 0. The first-order valence-corrected chi connectivity index (χ1v) is 10.9. The highest BCUT2D eigenvalue weighted by Gasteiger charge is 2.16. The van der Waals surface area contributed by atoms with Gasteiger partial charge in [-0.3, -0.25) is 14.5 Å². The molecule has 1 aliphatic heterocycles. The number of rotatable bonds is 9. The summed E-state index contributed by atoms with van der Waals surface area (Å²) in [5.41, 5.74) is 4.15. The number of hydrogen-bond donors (Lipinski definition) is 2. The van der Waals surface area contributed by atoms with Gasteiger partial charge in [0, 0.05) is 44.6 Å². The first-order chi connectivity index (χ1) is 14.5. The Kier molecular flexibility index (Phi) is 8.17. The highest BCUT2D eigenvalue weighted by atomic mass is 16.3. The Hall–Kier alpha value is -2.50. The minimum absolute atomic E-state index is 0.00221. The van der Waals surface area contributed by atoms with Crippen molar-refractivity contribution in [2.24, 2.45) is 0 Å². The third-order valence-electron chi connectivity index (χ3n) is 5.74. The summed E-state index contributed by atoms with van der Waals surface area (Å²) in [6, 6.07) is 15.9. The number of carbonyl (C=O) groups excluding carboxylic acids is 2. The fourth-order valence-corrected chi connectivity index (χ4v) is 3.68. The Bertz CT molecular complexity index is 822.